The summed E-state index contributed by atoms with van der Waals surface area (Å²) in [5, 5.41) is 0. The molecule has 0 aromatic heterocycles. The minimum absolute atomic E-state index is 0.100. The summed E-state index contributed by atoms with van der Waals surface area (Å²) in [6.45, 7) is 3.64. The van der Waals surface area contributed by atoms with Gasteiger partial charge < -0.3 is 14.2 Å². The maximum Gasteiger partial charge on any atom is 0.308 e. The highest BCUT2D eigenvalue weighted by Crippen LogP contribution is 2.16. The van der Waals surface area contributed by atoms with E-state index in [-0.39, 0.29) is 18.2 Å². The van der Waals surface area contributed by atoms with Crippen molar-refractivity contribution in [2.24, 2.45) is 5.92 Å². The molecular weight excluding hydrogens is 208 g/mol. The second-order valence-corrected chi connectivity index (χ2v) is 3.58. The van der Waals surface area contributed by atoms with Gasteiger partial charge in [-0.1, -0.05) is 6.08 Å². The van der Waals surface area contributed by atoms with Gasteiger partial charge in [-0.2, -0.15) is 0 Å². The lowest BCUT2D eigenvalue weighted by Crippen LogP contribution is -2.17. The van der Waals surface area contributed by atoms with Crippen LogP contribution in [-0.4, -0.2) is 33.6 Å². The molecule has 1 unspecified atom stereocenters. The highest BCUT2D eigenvalue weighted by atomic mass is 16.7. The summed E-state index contributed by atoms with van der Waals surface area (Å²) in [6, 6.07) is 0. The van der Waals surface area contributed by atoms with Crippen LogP contribution in [-0.2, 0) is 19.0 Å². The number of hydrogen-bond donors (Lipinski definition) is 0. The molecule has 0 saturated carbocycles. The van der Waals surface area contributed by atoms with Crippen molar-refractivity contribution in [2.75, 3.05) is 21.3 Å². The van der Waals surface area contributed by atoms with Crippen molar-refractivity contribution in [1.82, 2.24) is 0 Å². The van der Waals surface area contributed by atoms with Crippen LogP contribution in [0.1, 0.15) is 25.7 Å². The van der Waals surface area contributed by atoms with Crippen LogP contribution in [0.2, 0.25) is 0 Å². The van der Waals surface area contributed by atoms with Crippen LogP contribution < -0.4 is 0 Å². The molecule has 0 aliphatic rings. The normalized spacial score (nSPS) is 12.5. The fraction of sp³-hybridized carbons (Fsp3) is 0.750. The monoisotopic (exact) mass is 230 g/mol. The van der Waals surface area contributed by atoms with Crippen LogP contribution >= 0.6 is 0 Å². The molecule has 4 nitrogen and oxygen atoms in total. The fourth-order valence-corrected chi connectivity index (χ4v) is 1.56. The van der Waals surface area contributed by atoms with Crippen molar-refractivity contribution in [3.05, 3.63) is 12.7 Å². The second kappa shape index (κ2) is 9.36. The van der Waals surface area contributed by atoms with Gasteiger partial charge in [-0.3, -0.25) is 4.79 Å². The van der Waals surface area contributed by atoms with Crippen LogP contribution in [0.5, 0.6) is 0 Å². The smallest absolute Gasteiger partial charge is 0.308 e. The molecule has 16 heavy (non-hydrogen) atoms. The molecule has 0 aliphatic heterocycles. The Labute approximate surface area is 97.6 Å². The average molecular weight is 230 g/mol. The van der Waals surface area contributed by atoms with E-state index in [1.54, 1.807) is 20.3 Å². The lowest BCUT2D eigenvalue weighted by molar-refractivity contribution is -0.146. The summed E-state index contributed by atoms with van der Waals surface area (Å²) in [6.07, 6.45) is 4.60. The standard InChI is InChI=1S/C12H22O4/c1-5-7-10(12(13)16-4)8-6-9-11(14-2)15-3/h5,10-11H,1,6-9H2,2-4H3. The Balaban J connectivity index is 3.92. The molecule has 4 heteroatoms. The van der Waals surface area contributed by atoms with E-state index in [2.05, 4.69) is 6.58 Å². The Morgan fingerprint density at radius 3 is 2.31 bits per heavy atom. The third kappa shape index (κ3) is 5.88. The number of methoxy groups -OCH3 is 3. The zero-order valence-corrected chi connectivity index (χ0v) is 10.4. The van der Waals surface area contributed by atoms with E-state index >= 15 is 0 Å². The van der Waals surface area contributed by atoms with Crippen molar-refractivity contribution in [3.8, 4) is 0 Å². The summed E-state index contributed by atoms with van der Waals surface area (Å²) in [7, 11) is 4.62. The number of esters is 1. The van der Waals surface area contributed by atoms with Gasteiger partial charge >= 0.3 is 5.97 Å². The molecule has 0 aliphatic carbocycles. The first-order chi connectivity index (χ1) is 7.69. The topological polar surface area (TPSA) is 44.8 Å². The van der Waals surface area contributed by atoms with Crippen molar-refractivity contribution in [3.63, 3.8) is 0 Å². The molecular formula is C12H22O4. The number of allylic oxidation sites excluding steroid dienone is 1. The molecule has 94 valence electrons. The van der Waals surface area contributed by atoms with Gasteiger partial charge in [-0.25, -0.2) is 0 Å². The van der Waals surface area contributed by atoms with Crippen LogP contribution in [0.3, 0.4) is 0 Å². The Bertz CT molecular complexity index is 199. The SMILES string of the molecule is C=CCC(CCCC(OC)OC)C(=O)OC. The molecule has 0 aromatic carbocycles. The Kier molecular flexibility index (Phi) is 8.85. The summed E-state index contributed by atoms with van der Waals surface area (Å²) in [5.74, 6) is -0.275. The van der Waals surface area contributed by atoms with E-state index in [1.807, 2.05) is 0 Å². The van der Waals surface area contributed by atoms with Crippen molar-refractivity contribution in [2.45, 2.75) is 32.0 Å². The molecule has 0 radical (unpaired) electrons. The molecule has 0 aromatic rings. The lowest BCUT2D eigenvalue weighted by atomic mass is 9.98. The molecule has 1 atom stereocenters. The summed E-state index contributed by atoms with van der Waals surface area (Å²) in [5.41, 5.74) is 0. The van der Waals surface area contributed by atoms with E-state index < -0.39 is 0 Å². The zero-order valence-electron chi connectivity index (χ0n) is 10.4. The van der Waals surface area contributed by atoms with Gasteiger partial charge in [0, 0.05) is 14.2 Å². The molecule has 0 rings (SSSR count). The summed E-state index contributed by atoms with van der Waals surface area (Å²) < 4.78 is 14.9. The van der Waals surface area contributed by atoms with E-state index in [0.717, 1.165) is 19.3 Å². The first-order valence-corrected chi connectivity index (χ1v) is 5.43. The molecule has 0 saturated heterocycles. The first-order valence-electron chi connectivity index (χ1n) is 5.43. The average Bonchev–Trinajstić information content (AvgIpc) is 2.32. The molecule has 0 fully saturated rings. The predicted octanol–water partition coefficient (Wildman–Crippen LogP) is 2.14. The number of hydrogen-bond acceptors (Lipinski definition) is 4. The Hall–Kier alpha value is -0.870. The second-order valence-electron chi connectivity index (χ2n) is 3.58. The fourth-order valence-electron chi connectivity index (χ4n) is 1.56. The quantitative estimate of drug-likeness (QED) is 0.346. The van der Waals surface area contributed by atoms with Crippen LogP contribution in [0.4, 0.5) is 0 Å². The molecule has 0 spiro atoms. The van der Waals surface area contributed by atoms with Gasteiger partial charge in [-0.15, -0.1) is 6.58 Å². The van der Waals surface area contributed by atoms with E-state index in [9.17, 15) is 4.79 Å². The van der Waals surface area contributed by atoms with E-state index in [4.69, 9.17) is 14.2 Å². The predicted molar refractivity (Wildman–Crippen MR) is 62.0 cm³/mol. The Morgan fingerprint density at radius 2 is 1.88 bits per heavy atom. The molecule has 0 heterocycles. The Morgan fingerprint density at radius 1 is 1.25 bits per heavy atom. The minimum Gasteiger partial charge on any atom is -0.469 e. The summed E-state index contributed by atoms with van der Waals surface area (Å²) in [4.78, 5) is 11.4. The van der Waals surface area contributed by atoms with Gasteiger partial charge in [0.05, 0.1) is 13.0 Å². The van der Waals surface area contributed by atoms with Crippen molar-refractivity contribution in [1.29, 1.82) is 0 Å². The third-order valence-electron chi connectivity index (χ3n) is 2.50. The van der Waals surface area contributed by atoms with Crippen molar-refractivity contribution < 1.29 is 19.0 Å². The van der Waals surface area contributed by atoms with Crippen LogP contribution in [0, 0.1) is 5.92 Å². The maximum atomic E-state index is 11.4. The van der Waals surface area contributed by atoms with Crippen molar-refractivity contribution >= 4 is 5.97 Å². The van der Waals surface area contributed by atoms with Gasteiger partial charge in [0.2, 0.25) is 0 Å². The number of rotatable bonds is 9. The molecule has 0 bridgehead atoms. The zero-order chi connectivity index (χ0) is 12.4. The highest BCUT2D eigenvalue weighted by molar-refractivity contribution is 5.72. The summed E-state index contributed by atoms with van der Waals surface area (Å²) >= 11 is 0. The number of ether oxygens (including phenoxy) is 3. The van der Waals surface area contributed by atoms with Crippen LogP contribution in [0.15, 0.2) is 12.7 Å². The van der Waals surface area contributed by atoms with E-state index in [1.165, 1.54) is 7.11 Å². The highest BCUT2D eigenvalue weighted by Gasteiger charge is 2.17. The lowest BCUT2D eigenvalue weighted by Gasteiger charge is -2.15. The third-order valence-corrected chi connectivity index (χ3v) is 2.50. The molecule has 0 amide bonds. The number of carbonyl (C=O) groups excluding carboxylic acids is 1. The first kappa shape index (κ1) is 15.1. The van der Waals surface area contributed by atoms with Crippen LogP contribution in [0.25, 0.3) is 0 Å². The van der Waals surface area contributed by atoms with Gasteiger partial charge in [0.25, 0.3) is 0 Å². The minimum atomic E-state index is -0.193. The molecule has 0 N–H and O–H groups in total. The number of carbonyl (C=O) groups is 1. The maximum absolute atomic E-state index is 11.4. The van der Waals surface area contributed by atoms with Gasteiger partial charge in [0.1, 0.15) is 0 Å². The van der Waals surface area contributed by atoms with E-state index in [0.29, 0.717) is 6.42 Å². The largest absolute Gasteiger partial charge is 0.469 e. The van der Waals surface area contributed by atoms with Gasteiger partial charge in [0.15, 0.2) is 6.29 Å². The van der Waals surface area contributed by atoms with Gasteiger partial charge in [-0.05, 0) is 25.7 Å².